The van der Waals surface area contributed by atoms with Gasteiger partial charge in [0.1, 0.15) is 0 Å². The number of carboxylic acids is 1. The van der Waals surface area contributed by atoms with Crippen LogP contribution in [0.15, 0.2) is 29.0 Å². The van der Waals surface area contributed by atoms with E-state index in [4.69, 9.17) is 10.2 Å². The van der Waals surface area contributed by atoms with Gasteiger partial charge in [-0.15, -0.1) is 5.10 Å². The van der Waals surface area contributed by atoms with E-state index in [0.717, 1.165) is 25.9 Å². The zero-order chi connectivity index (χ0) is 20.1. The highest BCUT2D eigenvalue weighted by Gasteiger charge is 2.34. The van der Waals surface area contributed by atoms with Crippen molar-refractivity contribution in [1.82, 2.24) is 34.3 Å². The van der Waals surface area contributed by atoms with Crippen molar-refractivity contribution in [1.29, 1.82) is 0 Å². The van der Waals surface area contributed by atoms with E-state index in [1.54, 1.807) is 18.3 Å². The van der Waals surface area contributed by atoms with Crippen molar-refractivity contribution in [2.24, 2.45) is 5.92 Å². The summed E-state index contributed by atoms with van der Waals surface area (Å²) in [5.74, 6) is 0.00874. The van der Waals surface area contributed by atoms with Crippen LogP contribution in [-0.2, 0) is 4.79 Å². The lowest BCUT2D eigenvalue weighted by atomic mass is 9.89. The summed E-state index contributed by atoms with van der Waals surface area (Å²) in [4.78, 5) is 23.3. The van der Waals surface area contributed by atoms with Crippen LogP contribution in [0.4, 0.5) is 5.95 Å². The molecule has 1 unspecified atom stereocenters. The molecular formula is C18H20N8O3. The number of carbonyl (C=O) groups is 1. The Bertz CT molecular complexity index is 1190. The number of likely N-dealkylation sites (tertiary alicyclic amines) is 1. The van der Waals surface area contributed by atoms with Gasteiger partial charge in [0.15, 0.2) is 23.1 Å². The van der Waals surface area contributed by atoms with E-state index in [9.17, 15) is 9.90 Å². The van der Waals surface area contributed by atoms with Crippen LogP contribution >= 0.6 is 0 Å². The molecule has 11 nitrogen and oxygen atoms in total. The van der Waals surface area contributed by atoms with Crippen LogP contribution in [0.1, 0.15) is 18.9 Å². The topological polar surface area (TPSA) is 141 Å². The molecule has 3 N–H and O–H groups in total. The number of nitrogens with two attached hydrogens (primary N) is 1. The highest BCUT2D eigenvalue weighted by molar-refractivity contribution is 5.91. The van der Waals surface area contributed by atoms with E-state index in [0.29, 0.717) is 28.3 Å². The fraction of sp³-hybridized carbons (Fsp3) is 0.389. The molecule has 5 heterocycles. The molecule has 0 bridgehead atoms. The Kier molecular flexibility index (Phi) is 3.98. The van der Waals surface area contributed by atoms with Crippen molar-refractivity contribution in [2.45, 2.75) is 18.9 Å². The quantitative estimate of drug-likeness (QED) is 0.522. The molecule has 0 spiro atoms. The van der Waals surface area contributed by atoms with Gasteiger partial charge >= 0.3 is 5.97 Å². The maximum atomic E-state index is 12.2. The Morgan fingerprint density at radius 2 is 2.10 bits per heavy atom. The first kappa shape index (κ1) is 17.6. The summed E-state index contributed by atoms with van der Waals surface area (Å²) in [5, 5.41) is 19.3. The van der Waals surface area contributed by atoms with Gasteiger partial charge in [0.2, 0.25) is 11.8 Å². The largest absolute Gasteiger partial charge is 0.480 e. The molecule has 1 aliphatic rings. The van der Waals surface area contributed by atoms with Crippen LogP contribution in [0, 0.1) is 5.92 Å². The highest BCUT2D eigenvalue weighted by Crippen LogP contribution is 2.32. The third-order valence-corrected chi connectivity index (χ3v) is 5.52. The normalized spacial score (nSPS) is 17.3. The number of aliphatic carboxylic acids is 1. The van der Waals surface area contributed by atoms with Crippen molar-refractivity contribution in [3.05, 3.63) is 24.6 Å². The Balaban J connectivity index is 1.64. The van der Waals surface area contributed by atoms with Crippen molar-refractivity contribution < 1.29 is 14.3 Å². The molecule has 1 saturated heterocycles. The first-order valence-corrected chi connectivity index (χ1v) is 9.37. The molecule has 4 aromatic heterocycles. The monoisotopic (exact) mass is 396 g/mol. The maximum Gasteiger partial charge on any atom is 0.328 e. The smallest absolute Gasteiger partial charge is 0.328 e. The van der Waals surface area contributed by atoms with Gasteiger partial charge in [-0.25, -0.2) is 14.5 Å². The zero-order valence-electron chi connectivity index (χ0n) is 15.8. The lowest BCUT2D eigenvalue weighted by Gasteiger charge is -2.32. The van der Waals surface area contributed by atoms with Gasteiger partial charge in [0, 0.05) is 0 Å². The average Bonchev–Trinajstić information content (AvgIpc) is 3.42. The first-order chi connectivity index (χ1) is 14.0. The van der Waals surface area contributed by atoms with Crippen LogP contribution < -0.4 is 5.73 Å². The van der Waals surface area contributed by atoms with Gasteiger partial charge in [-0.3, -0.25) is 0 Å². The van der Waals surface area contributed by atoms with Crippen LogP contribution in [0.2, 0.25) is 0 Å². The van der Waals surface area contributed by atoms with Gasteiger partial charge in [-0.1, -0.05) is 0 Å². The summed E-state index contributed by atoms with van der Waals surface area (Å²) in [5.41, 5.74) is 6.96. The minimum atomic E-state index is -0.928. The molecule has 0 aromatic carbocycles. The Morgan fingerprint density at radius 3 is 2.79 bits per heavy atom. The number of rotatable bonds is 4. The van der Waals surface area contributed by atoms with Crippen LogP contribution in [0.25, 0.3) is 28.3 Å². The van der Waals surface area contributed by atoms with Crippen LogP contribution in [0.3, 0.4) is 0 Å². The number of aromatic nitrogens is 6. The minimum Gasteiger partial charge on any atom is -0.480 e. The third kappa shape index (κ3) is 2.81. The molecule has 0 aliphatic carbocycles. The second-order valence-electron chi connectivity index (χ2n) is 7.37. The Hall–Kier alpha value is -3.47. The lowest BCUT2D eigenvalue weighted by Crippen LogP contribution is -2.37. The number of furan rings is 1. The summed E-state index contributed by atoms with van der Waals surface area (Å²) in [6.07, 6.45) is 4.66. The highest BCUT2D eigenvalue weighted by atomic mass is 16.4. The van der Waals surface area contributed by atoms with E-state index in [-0.39, 0.29) is 11.9 Å². The molecule has 29 heavy (non-hydrogen) atoms. The number of nitrogens with zero attached hydrogens (tertiary/aromatic N) is 7. The molecular weight excluding hydrogens is 376 g/mol. The molecule has 0 amide bonds. The average molecular weight is 396 g/mol. The van der Waals surface area contributed by atoms with E-state index in [2.05, 4.69) is 25.1 Å². The van der Waals surface area contributed by atoms with Gasteiger partial charge in [-0.05, 0) is 51.0 Å². The molecule has 0 radical (unpaired) electrons. The lowest BCUT2D eigenvalue weighted by molar-refractivity contribution is -0.143. The number of nitrogen functional groups attached to an aromatic ring is 1. The van der Waals surface area contributed by atoms with Crippen LogP contribution in [-0.4, -0.2) is 65.5 Å². The molecule has 11 heteroatoms. The molecule has 4 aromatic rings. The first-order valence-electron chi connectivity index (χ1n) is 9.37. The predicted octanol–water partition coefficient (Wildman–Crippen LogP) is 1.28. The minimum absolute atomic E-state index is 0.0393. The fourth-order valence-electron chi connectivity index (χ4n) is 3.99. The van der Waals surface area contributed by atoms with Crippen molar-refractivity contribution in [3.8, 4) is 11.6 Å². The number of hydrogen-bond donors (Lipinski definition) is 2. The zero-order valence-corrected chi connectivity index (χ0v) is 15.8. The number of piperidine rings is 1. The molecule has 150 valence electrons. The molecule has 1 aliphatic heterocycles. The van der Waals surface area contributed by atoms with Crippen molar-refractivity contribution in [3.63, 3.8) is 0 Å². The van der Waals surface area contributed by atoms with Gasteiger partial charge in [0.25, 0.3) is 0 Å². The number of fused-ring (bicyclic) bond motifs is 3. The number of anilines is 1. The number of hydrogen-bond acceptors (Lipinski definition) is 8. The second kappa shape index (κ2) is 6.55. The van der Waals surface area contributed by atoms with Gasteiger partial charge in [-0.2, -0.15) is 14.6 Å². The fourth-order valence-corrected chi connectivity index (χ4v) is 3.99. The Morgan fingerprint density at radius 1 is 1.31 bits per heavy atom. The summed E-state index contributed by atoms with van der Waals surface area (Å²) in [7, 11) is 2.04. The third-order valence-electron chi connectivity index (χ3n) is 5.52. The maximum absolute atomic E-state index is 12.2. The van der Waals surface area contributed by atoms with Crippen molar-refractivity contribution in [2.75, 3.05) is 25.9 Å². The van der Waals surface area contributed by atoms with Crippen molar-refractivity contribution >= 4 is 28.6 Å². The van der Waals surface area contributed by atoms with E-state index < -0.39 is 12.0 Å². The summed E-state index contributed by atoms with van der Waals surface area (Å²) in [6, 6.07) is 2.68. The number of carboxylic acid groups (broad SMARTS) is 1. The molecule has 0 saturated carbocycles. The van der Waals surface area contributed by atoms with E-state index in [1.165, 1.54) is 15.5 Å². The van der Waals surface area contributed by atoms with Gasteiger partial charge < -0.3 is 20.2 Å². The van der Waals surface area contributed by atoms with Crippen LogP contribution in [0.5, 0.6) is 0 Å². The molecule has 1 fully saturated rings. The predicted molar refractivity (Wildman–Crippen MR) is 103 cm³/mol. The molecule has 1 atom stereocenters. The SMILES string of the molecule is CN1CCC(C(C(=O)O)n2ncc3c2nc(N)n2nc(-c4ccco4)nc32)CC1. The molecule has 5 rings (SSSR count). The summed E-state index contributed by atoms with van der Waals surface area (Å²) in [6.45, 7) is 1.70. The van der Waals surface area contributed by atoms with Gasteiger partial charge in [0.05, 0.1) is 17.8 Å². The standard InChI is InChI=1S/C18H20N8O3/c1-24-6-4-10(5-7-24)13(17(27)28)25-16-11(9-20-25)15-21-14(12-3-2-8-29-12)23-26(15)18(19)22-16/h2-3,8-10,13H,4-7H2,1H3,(H2,19,22)(H,27,28). The Labute approximate surface area is 164 Å². The second-order valence-corrected chi connectivity index (χ2v) is 7.37. The van der Waals surface area contributed by atoms with E-state index >= 15 is 0 Å². The van der Waals surface area contributed by atoms with E-state index in [1.807, 2.05) is 7.05 Å². The summed E-state index contributed by atoms with van der Waals surface area (Å²) >= 11 is 0. The summed E-state index contributed by atoms with van der Waals surface area (Å²) < 4.78 is 8.24.